The standard InChI is InChI=1S/C14H23NO2/c1-13(2,3)10-14(4,5)15-12(16)9-11-7-6-8-17-11/h6-8H,9-10H2,1-5H3,(H,15,16). The van der Waals surface area contributed by atoms with Crippen molar-refractivity contribution in [2.75, 3.05) is 0 Å². The zero-order valence-electron chi connectivity index (χ0n) is 11.5. The molecule has 0 spiro atoms. The number of hydrogen-bond donors (Lipinski definition) is 1. The van der Waals surface area contributed by atoms with E-state index in [0.717, 1.165) is 6.42 Å². The lowest BCUT2D eigenvalue weighted by Crippen LogP contribution is -2.46. The molecule has 0 bridgehead atoms. The summed E-state index contributed by atoms with van der Waals surface area (Å²) in [6, 6.07) is 3.61. The molecule has 0 unspecified atom stereocenters. The third-order valence-corrected chi connectivity index (χ3v) is 2.36. The molecule has 0 atom stereocenters. The molecular weight excluding hydrogens is 214 g/mol. The highest BCUT2D eigenvalue weighted by molar-refractivity contribution is 5.78. The Balaban J connectivity index is 2.50. The lowest BCUT2D eigenvalue weighted by molar-refractivity contribution is -0.122. The summed E-state index contributed by atoms with van der Waals surface area (Å²) in [5.74, 6) is 0.711. The highest BCUT2D eigenvalue weighted by Crippen LogP contribution is 2.26. The van der Waals surface area contributed by atoms with E-state index in [0.29, 0.717) is 12.2 Å². The predicted octanol–water partition coefficient (Wildman–Crippen LogP) is 3.15. The Morgan fingerprint density at radius 2 is 1.94 bits per heavy atom. The number of hydrogen-bond acceptors (Lipinski definition) is 2. The first-order valence-corrected chi connectivity index (χ1v) is 6.01. The molecule has 96 valence electrons. The Morgan fingerprint density at radius 1 is 1.29 bits per heavy atom. The van der Waals surface area contributed by atoms with Crippen molar-refractivity contribution in [3.63, 3.8) is 0 Å². The summed E-state index contributed by atoms with van der Waals surface area (Å²) >= 11 is 0. The highest BCUT2D eigenvalue weighted by Gasteiger charge is 2.27. The molecule has 0 saturated carbocycles. The van der Waals surface area contributed by atoms with Crippen LogP contribution in [0.1, 0.15) is 46.8 Å². The Morgan fingerprint density at radius 3 is 2.41 bits per heavy atom. The van der Waals surface area contributed by atoms with Gasteiger partial charge in [0.1, 0.15) is 5.76 Å². The Hall–Kier alpha value is -1.25. The van der Waals surface area contributed by atoms with Gasteiger partial charge in [0.2, 0.25) is 5.91 Å². The topological polar surface area (TPSA) is 42.2 Å². The van der Waals surface area contributed by atoms with Crippen molar-refractivity contribution in [2.45, 2.75) is 53.0 Å². The number of rotatable bonds is 4. The summed E-state index contributed by atoms with van der Waals surface area (Å²) in [5.41, 5.74) is 0.00336. The first kappa shape index (κ1) is 13.8. The van der Waals surface area contributed by atoms with Crippen molar-refractivity contribution in [1.29, 1.82) is 0 Å². The van der Waals surface area contributed by atoms with Crippen molar-refractivity contribution >= 4 is 5.91 Å². The lowest BCUT2D eigenvalue weighted by atomic mass is 9.82. The molecule has 0 aromatic carbocycles. The maximum atomic E-state index is 11.8. The molecule has 1 heterocycles. The van der Waals surface area contributed by atoms with Crippen LogP contribution in [0, 0.1) is 5.41 Å². The number of furan rings is 1. The first-order valence-electron chi connectivity index (χ1n) is 6.01. The van der Waals surface area contributed by atoms with Gasteiger partial charge < -0.3 is 9.73 Å². The van der Waals surface area contributed by atoms with Gasteiger partial charge >= 0.3 is 0 Å². The Bertz CT molecular complexity index is 358. The molecule has 1 rings (SSSR count). The third kappa shape index (κ3) is 5.57. The molecule has 0 aliphatic heterocycles. The van der Waals surface area contributed by atoms with E-state index in [-0.39, 0.29) is 16.9 Å². The van der Waals surface area contributed by atoms with Crippen LogP contribution < -0.4 is 5.32 Å². The minimum absolute atomic E-state index is 0.00852. The fourth-order valence-corrected chi connectivity index (χ4v) is 2.36. The lowest BCUT2D eigenvalue weighted by Gasteiger charge is -2.33. The second kappa shape index (κ2) is 4.94. The monoisotopic (exact) mass is 237 g/mol. The molecule has 0 fully saturated rings. The van der Waals surface area contributed by atoms with Crippen molar-refractivity contribution in [2.24, 2.45) is 5.41 Å². The Labute approximate surface area is 104 Å². The quantitative estimate of drug-likeness (QED) is 0.874. The minimum Gasteiger partial charge on any atom is -0.469 e. The molecule has 3 heteroatoms. The normalized spacial score (nSPS) is 12.5. The largest absolute Gasteiger partial charge is 0.469 e. The van der Waals surface area contributed by atoms with E-state index in [1.807, 2.05) is 6.07 Å². The number of carbonyl (C=O) groups is 1. The van der Waals surface area contributed by atoms with Gasteiger partial charge in [0, 0.05) is 5.54 Å². The summed E-state index contributed by atoms with van der Waals surface area (Å²) in [6.45, 7) is 10.6. The van der Waals surface area contributed by atoms with Crippen LogP contribution in [0.5, 0.6) is 0 Å². The van der Waals surface area contributed by atoms with Crippen LogP contribution in [0.2, 0.25) is 0 Å². The third-order valence-electron chi connectivity index (χ3n) is 2.36. The SMILES string of the molecule is CC(C)(C)CC(C)(C)NC(=O)Cc1ccco1. The molecule has 0 radical (unpaired) electrons. The van der Waals surface area contributed by atoms with E-state index in [2.05, 4.69) is 39.9 Å². The van der Waals surface area contributed by atoms with E-state index in [1.165, 1.54) is 0 Å². The second-order valence-corrected chi connectivity index (χ2v) is 6.43. The molecule has 1 N–H and O–H groups in total. The van der Waals surface area contributed by atoms with E-state index in [1.54, 1.807) is 12.3 Å². The minimum atomic E-state index is -0.193. The smallest absolute Gasteiger partial charge is 0.228 e. The van der Waals surface area contributed by atoms with E-state index >= 15 is 0 Å². The molecule has 1 amide bonds. The van der Waals surface area contributed by atoms with Gasteiger partial charge in [-0.15, -0.1) is 0 Å². The molecular formula is C14H23NO2. The van der Waals surface area contributed by atoms with Crippen LogP contribution in [0.4, 0.5) is 0 Å². The molecule has 0 saturated heterocycles. The summed E-state index contributed by atoms with van der Waals surface area (Å²) in [7, 11) is 0. The van der Waals surface area contributed by atoms with Crippen LogP contribution in [0.3, 0.4) is 0 Å². The van der Waals surface area contributed by atoms with Crippen molar-refractivity contribution in [1.82, 2.24) is 5.32 Å². The zero-order valence-corrected chi connectivity index (χ0v) is 11.5. The van der Waals surface area contributed by atoms with E-state index < -0.39 is 0 Å². The number of carbonyl (C=O) groups excluding carboxylic acids is 1. The summed E-state index contributed by atoms with van der Waals surface area (Å²) in [6.07, 6.45) is 2.83. The average Bonchev–Trinajstić information content (AvgIpc) is 2.49. The van der Waals surface area contributed by atoms with Crippen LogP contribution >= 0.6 is 0 Å². The van der Waals surface area contributed by atoms with Gasteiger partial charge in [-0.2, -0.15) is 0 Å². The summed E-state index contributed by atoms with van der Waals surface area (Å²) < 4.78 is 5.16. The van der Waals surface area contributed by atoms with Gasteiger partial charge in [-0.25, -0.2) is 0 Å². The maximum Gasteiger partial charge on any atom is 0.228 e. The molecule has 3 nitrogen and oxygen atoms in total. The van der Waals surface area contributed by atoms with Gasteiger partial charge in [0.05, 0.1) is 12.7 Å². The highest BCUT2D eigenvalue weighted by atomic mass is 16.3. The van der Waals surface area contributed by atoms with Crippen LogP contribution in [0.15, 0.2) is 22.8 Å². The second-order valence-electron chi connectivity index (χ2n) is 6.43. The number of amides is 1. The number of nitrogens with one attached hydrogen (secondary N) is 1. The summed E-state index contributed by atoms with van der Waals surface area (Å²) in [4.78, 5) is 11.8. The van der Waals surface area contributed by atoms with Crippen molar-refractivity contribution in [3.05, 3.63) is 24.2 Å². The first-order chi connectivity index (χ1) is 7.68. The van der Waals surface area contributed by atoms with Gasteiger partial charge in [-0.05, 0) is 37.8 Å². The van der Waals surface area contributed by atoms with Gasteiger partial charge in [-0.1, -0.05) is 20.8 Å². The van der Waals surface area contributed by atoms with Crippen LogP contribution in [0.25, 0.3) is 0 Å². The molecule has 1 aromatic rings. The molecule has 1 aromatic heterocycles. The molecule has 0 aliphatic carbocycles. The fourth-order valence-electron chi connectivity index (χ4n) is 2.36. The fraction of sp³-hybridized carbons (Fsp3) is 0.643. The zero-order chi connectivity index (χ0) is 13.1. The van der Waals surface area contributed by atoms with Crippen molar-refractivity contribution in [3.8, 4) is 0 Å². The Kier molecular flexibility index (Phi) is 4.02. The predicted molar refractivity (Wildman–Crippen MR) is 68.7 cm³/mol. The average molecular weight is 237 g/mol. The van der Waals surface area contributed by atoms with Crippen LogP contribution in [-0.4, -0.2) is 11.4 Å². The van der Waals surface area contributed by atoms with Gasteiger partial charge in [0.25, 0.3) is 0 Å². The van der Waals surface area contributed by atoms with Crippen LogP contribution in [-0.2, 0) is 11.2 Å². The van der Waals surface area contributed by atoms with E-state index in [4.69, 9.17) is 4.42 Å². The maximum absolute atomic E-state index is 11.8. The summed E-state index contributed by atoms with van der Waals surface area (Å²) in [5, 5.41) is 3.05. The van der Waals surface area contributed by atoms with Crippen molar-refractivity contribution < 1.29 is 9.21 Å². The van der Waals surface area contributed by atoms with E-state index in [9.17, 15) is 4.79 Å². The molecule has 17 heavy (non-hydrogen) atoms. The van der Waals surface area contributed by atoms with Gasteiger partial charge in [0.15, 0.2) is 0 Å². The molecule has 0 aliphatic rings. The van der Waals surface area contributed by atoms with Gasteiger partial charge in [-0.3, -0.25) is 4.79 Å².